The van der Waals surface area contributed by atoms with E-state index in [0.29, 0.717) is 6.61 Å². The molecule has 4 rings (SSSR count). The SMILES string of the molecule is CCC[C@H]1O[C@@H]2OC3(CCCC3)O[C@@H]2[C@H]1OCc1cccc(OC)c1. The van der Waals surface area contributed by atoms with Crippen LogP contribution in [-0.4, -0.2) is 37.5 Å². The molecule has 4 atom stereocenters. The number of rotatable bonds is 6. The van der Waals surface area contributed by atoms with Crippen molar-refractivity contribution in [1.29, 1.82) is 0 Å². The molecule has 138 valence electrons. The normalized spacial score (nSPS) is 33.0. The maximum Gasteiger partial charge on any atom is 0.190 e. The lowest BCUT2D eigenvalue weighted by molar-refractivity contribution is -0.233. The summed E-state index contributed by atoms with van der Waals surface area (Å²) in [6, 6.07) is 7.98. The molecule has 0 bridgehead atoms. The first-order valence-electron chi connectivity index (χ1n) is 9.49. The molecule has 3 fully saturated rings. The van der Waals surface area contributed by atoms with Crippen LogP contribution in [0.25, 0.3) is 0 Å². The summed E-state index contributed by atoms with van der Waals surface area (Å²) < 4.78 is 30.3. The third-order valence-electron chi connectivity index (χ3n) is 5.46. The monoisotopic (exact) mass is 348 g/mol. The van der Waals surface area contributed by atoms with Crippen LogP contribution in [0.1, 0.15) is 51.0 Å². The second-order valence-corrected chi connectivity index (χ2v) is 7.28. The minimum Gasteiger partial charge on any atom is -0.497 e. The Hall–Kier alpha value is -1.14. The minimum atomic E-state index is -0.426. The molecule has 5 nitrogen and oxygen atoms in total. The van der Waals surface area contributed by atoms with Crippen molar-refractivity contribution in [2.24, 2.45) is 0 Å². The predicted molar refractivity (Wildman–Crippen MR) is 92.3 cm³/mol. The summed E-state index contributed by atoms with van der Waals surface area (Å²) in [6.45, 7) is 2.68. The van der Waals surface area contributed by atoms with Crippen molar-refractivity contribution in [2.75, 3.05) is 7.11 Å². The van der Waals surface area contributed by atoms with Gasteiger partial charge >= 0.3 is 0 Å². The van der Waals surface area contributed by atoms with E-state index in [1.807, 2.05) is 18.2 Å². The van der Waals surface area contributed by atoms with Crippen molar-refractivity contribution in [3.63, 3.8) is 0 Å². The second-order valence-electron chi connectivity index (χ2n) is 7.28. The van der Waals surface area contributed by atoms with Gasteiger partial charge in [0.15, 0.2) is 12.1 Å². The van der Waals surface area contributed by atoms with Gasteiger partial charge in [-0.05, 0) is 37.0 Å². The van der Waals surface area contributed by atoms with E-state index < -0.39 is 5.79 Å². The Labute approximate surface area is 149 Å². The fraction of sp³-hybridized carbons (Fsp3) is 0.700. The van der Waals surface area contributed by atoms with Gasteiger partial charge in [-0.15, -0.1) is 0 Å². The zero-order chi connectivity index (χ0) is 17.3. The Bertz CT molecular complexity index is 583. The Morgan fingerprint density at radius 1 is 1.20 bits per heavy atom. The van der Waals surface area contributed by atoms with Crippen molar-refractivity contribution in [3.05, 3.63) is 29.8 Å². The number of hydrogen-bond acceptors (Lipinski definition) is 5. The van der Waals surface area contributed by atoms with Crippen LogP contribution in [0.4, 0.5) is 0 Å². The Morgan fingerprint density at radius 2 is 2.04 bits per heavy atom. The van der Waals surface area contributed by atoms with Crippen LogP contribution in [0.3, 0.4) is 0 Å². The summed E-state index contributed by atoms with van der Waals surface area (Å²) in [5.74, 6) is 0.418. The van der Waals surface area contributed by atoms with Gasteiger partial charge in [0.1, 0.15) is 18.0 Å². The average molecular weight is 348 g/mol. The van der Waals surface area contributed by atoms with Gasteiger partial charge in [0, 0.05) is 12.8 Å². The van der Waals surface area contributed by atoms with Gasteiger partial charge in [-0.25, -0.2) is 0 Å². The lowest BCUT2D eigenvalue weighted by Gasteiger charge is -2.28. The molecule has 0 N–H and O–H groups in total. The van der Waals surface area contributed by atoms with Crippen LogP contribution in [0, 0.1) is 0 Å². The molecule has 2 saturated heterocycles. The number of benzene rings is 1. The molecule has 1 aliphatic carbocycles. The first-order chi connectivity index (χ1) is 12.2. The molecular formula is C20H28O5. The van der Waals surface area contributed by atoms with Gasteiger partial charge in [-0.3, -0.25) is 0 Å². The maximum absolute atomic E-state index is 6.36. The second kappa shape index (κ2) is 7.23. The molecule has 5 heteroatoms. The number of hydrogen-bond donors (Lipinski definition) is 0. The van der Waals surface area contributed by atoms with Gasteiger partial charge in [-0.2, -0.15) is 0 Å². The van der Waals surface area contributed by atoms with Crippen molar-refractivity contribution in [2.45, 2.75) is 82.4 Å². The summed E-state index contributed by atoms with van der Waals surface area (Å²) in [5, 5.41) is 0. The molecule has 0 radical (unpaired) electrons. The Morgan fingerprint density at radius 3 is 2.80 bits per heavy atom. The topological polar surface area (TPSA) is 46.2 Å². The smallest absolute Gasteiger partial charge is 0.190 e. The lowest BCUT2D eigenvalue weighted by atomic mass is 10.1. The fourth-order valence-corrected chi connectivity index (χ4v) is 4.22. The zero-order valence-electron chi connectivity index (χ0n) is 15.1. The molecule has 0 amide bonds. The van der Waals surface area contributed by atoms with Crippen molar-refractivity contribution in [3.8, 4) is 5.75 Å². The minimum absolute atomic E-state index is 0.0318. The molecule has 3 aliphatic rings. The van der Waals surface area contributed by atoms with E-state index in [0.717, 1.165) is 49.8 Å². The molecular weight excluding hydrogens is 320 g/mol. The van der Waals surface area contributed by atoms with E-state index in [-0.39, 0.29) is 24.6 Å². The summed E-state index contributed by atoms with van der Waals surface area (Å²) in [7, 11) is 1.68. The van der Waals surface area contributed by atoms with Crippen molar-refractivity contribution in [1.82, 2.24) is 0 Å². The first-order valence-corrected chi connectivity index (χ1v) is 9.49. The van der Waals surface area contributed by atoms with Crippen LogP contribution in [-0.2, 0) is 25.6 Å². The molecule has 1 aromatic rings. The quantitative estimate of drug-likeness (QED) is 0.783. The molecule has 25 heavy (non-hydrogen) atoms. The van der Waals surface area contributed by atoms with Gasteiger partial charge in [0.25, 0.3) is 0 Å². The van der Waals surface area contributed by atoms with Gasteiger partial charge in [-0.1, -0.05) is 25.5 Å². The predicted octanol–water partition coefficient (Wildman–Crippen LogP) is 3.79. The van der Waals surface area contributed by atoms with E-state index in [1.54, 1.807) is 7.11 Å². The fourth-order valence-electron chi connectivity index (χ4n) is 4.22. The highest BCUT2D eigenvalue weighted by molar-refractivity contribution is 5.27. The largest absolute Gasteiger partial charge is 0.497 e. The lowest BCUT2D eigenvalue weighted by Crippen LogP contribution is -2.37. The van der Waals surface area contributed by atoms with E-state index in [2.05, 4.69) is 13.0 Å². The van der Waals surface area contributed by atoms with Crippen LogP contribution < -0.4 is 4.74 Å². The van der Waals surface area contributed by atoms with Gasteiger partial charge in [0.2, 0.25) is 0 Å². The standard InChI is InChI=1S/C20H28O5/c1-3-7-16-17(22-13-14-8-6-9-15(12-14)21-2)18-19(23-16)25-20(24-18)10-4-5-11-20/h6,8-9,12,16-19H,3-5,7,10-11,13H2,1-2H3/t16-,17+,18-,19-/m1/s1. The molecule has 0 unspecified atom stereocenters. The zero-order valence-corrected chi connectivity index (χ0v) is 15.1. The number of ether oxygens (including phenoxy) is 5. The Balaban J connectivity index is 1.45. The molecule has 1 spiro atoms. The molecule has 2 heterocycles. The highest BCUT2D eigenvalue weighted by Gasteiger charge is 2.58. The highest BCUT2D eigenvalue weighted by atomic mass is 16.8. The Kier molecular flexibility index (Phi) is 5.00. The third-order valence-corrected chi connectivity index (χ3v) is 5.46. The average Bonchev–Trinajstić information content (AvgIpc) is 3.30. The molecule has 1 aromatic carbocycles. The number of fused-ring (bicyclic) bond motifs is 1. The maximum atomic E-state index is 6.36. The summed E-state index contributed by atoms with van der Waals surface area (Å²) >= 11 is 0. The third kappa shape index (κ3) is 3.43. The van der Waals surface area contributed by atoms with E-state index in [1.165, 1.54) is 0 Å². The van der Waals surface area contributed by atoms with Crippen molar-refractivity contribution < 1.29 is 23.7 Å². The van der Waals surface area contributed by atoms with Crippen LogP contribution >= 0.6 is 0 Å². The summed E-state index contributed by atoms with van der Waals surface area (Å²) in [4.78, 5) is 0. The van der Waals surface area contributed by atoms with E-state index in [9.17, 15) is 0 Å². The van der Waals surface area contributed by atoms with Crippen LogP contribution in [0.2, 0.25) is 0 Å². The number of methoxy groups -OCH3 is 1. The van der Waals surface area contributed by atoms with Crippen LogP contribution in [0.5, 0.6) is 5.75 Å². The van der Waals surface area contributed by atoms with E-state index >= 15 is 0 Å². The molecule has 0 aromatic heterocycles. The summed E-state index contributed by atoms with van der Waals surface area (Å²) in [6.07, 6.45) is 5.78. The summed E-state index contributed by atoms with van der Waals surface area (Å²) in [5.41, 5.74) is 1.09. The van der Waals surface area contributed by atoms with E-state index in [4.69, 9.17) is 23.7 Å². The molecule has 2 aliphatic heterocycles. The van der Waals surface area contributed by atoms with Gasteiger partial charge < -0.3 is 23.7 Å². The van der Waals surface area contributed by atoms with Crippen LogP contribution in [0.15, 0.2) is 24.3 Å². The molecule has 1 saturated carbocycles. The highest BCUT2D eigenvalue weighted by Crippen LogP contribution is 2.47. The van der Waals surface area contributed by atoms with Crippen molar-refractivity contribution >= 4 is 0 Å². The first kappa shape index (κ1) is 17.3. The van der Waals surface area contributed by atoms with Gasteiger partial charge in [0.05, 0.1) is 19.8 Å².